The lowest BCUT2D eigenvalue weighted by Crippen LogP contribution is -2.33. The van der Waals surface area contributed by atoms with Crippen molar-refractivity contribution < 1.29 is 23.7 Å². The lowest BCUT2D eigenvalue weighted by Gasteiger charge is -2.38. The fourth-order valence-corrected chi connectivity index (χ4v) is 4.82. The van der Waals surface area contributed by atoms with Crippen LogP contribution in [0, 0.1) is 0 Å². The molecule has 3 aliphatic heterocycles. The maximum atomic E-state index is 6.46. The van der Waals surface area contributed by atoms with E-state index in [-0.39, 0.29) is 12.8 Å². The predicted octanol–water partition coefficient (Wildman–Crippen LogP) is 5.72. The summed E-state index contributed by atoms with van der Waals surface area (Å²) in [5.74, 6) is 3.63. The smallest absolute Gasteiger partial charge is 0.231 e. The zero-order chi connectivity index (χ0) is 23.2. The molecule has 3 aliphatic rings. The van der Waals surface area contributed by atoms with Crippen molar-refractivity contribution in [2.75, 3.05) is 20.5 Å². The third-order valence-electron chi connectivity index (χ3n) is 6.23. The summed E-state index contributed by atoms with van der Waals surface area (Å²) in [5, 5.41) is 7.69. The second-order valence-corrected chi connectivity index (χ2v) is 8.65. The molecule has 7 nitrogen and oxygen atoms in total. The number of halogens is 1. The first kappa shape index (κ1) is 21.0. The molecule has 0 spiro atoms. The normalized spacial score (nSPS) is 19.7. The molecule has 0 amide bonds. The molecule has 0 N–H and O–H groups in total. The number of ether oxygens (including phenoxy) is 5. The quantitative estimate of drug-likeness (QED) is 0.467. The van der Waals surface area contributed by atoms with E-state index in [1.54, 1.807) is 7.11 Å². The number of methoxy groups -OCH3 is 1. The van der Waals surface area contributed by atoms with Crippen molar-refractivity contribution in [3.63, 3.8) is 0 Å². The van der Waals surface area contributed by atoms with Crippen LogP contribution >= 0.6 is 11.6 Å². The Morgan fingerprint density at radius 2 is 1.85 bits per heavy atom. The average molecular weight is 479 g/mol. The van der Waals surface area contributed by atoms with Crippen molar-refractivity contribution in [1.82, 2.24) is 5.01 Å². The molecule has 174 valence electrons. The summed E-state index contributed by atoms with van der Waals surface area (Å²) in [6.45, 7) is 2.74. The van der Waals surface area contributed by atoms with Crippen LogP contribution in [0.5, 0.6) is 28.7 Å². The molecule has 2 atom stereocenters. The first-order chi connectivity index (χ1) is 16.6. The van der Waals surface area contributed by atoms with Gasteiger partial charge < -0.3 is 23.7 Å². The minimum Gasteiger partial charge on any atom is -0.493 e. The van der Waals surface area contributed by atoms with Gasteiger partial charge in [-0.05, 0) is 61.5 Å². The van der Waals surface area contributed by atoms with Crippen molar-refractivity contribution in [2.45, 2.75) is 25.6 Å². The number of fused-ring (bicyclic) bond motifs is 4. The fourth-order valence-electron chi connectivity index (χ4n) is 4.64. The Morgan fingerprint density at radius 3 is 2.71 bits per heavy atom. The standard InChI is InChI=1S/C26H23ClN2O5/c1-3-31-22-8-5-16(11-24(22)30-2)26-29-20(18-12-17(27)6-9-21(18)34-26)13-19(28-29)15-4-7-23-25(10-15)33-14-32-23/h4-12,20,26H,3,13-14H2,1-2H3/t20-,26+/m0/s1. The number of rotatable bonds is 5. The number of hydrogen-bond acceptors (Lipinski definition) is 7. The molecule has 3 aromatic carbocycles. The highest BCUT2D eigenvalue weighted by Crippen LogP contribution is 2.49. The number of benzene rings is 3. The van der Waals surface area contributed by atoms with Gasteiger partial charge in [0.25, 0.3) is 0 Å². The van der Waals surface area contributed by atoms with Crippen molar-refractivity contribution >= 4 is 17.3 Å². The Hall–Kier alpha value is -3.58. The molecule has 34 heavy (non-hydrogen) atoms. The molecule has 0 bridgehead atoms. The Morgan fingerprint density at radius 1 is 1.00 bits per heavy atom. The van der Waals surface area contributed by atoms with Gasteiger partial charge in [0.05, 0.1) is 25.5 Å². The molecule has 0 fully saturated rings. The molecule has 0 aliphatic carbocycles. The topological polar surface area (TPSA) is 61.8 Å². The summed E-state index contributed by atoms with van der Waals surface area (Å²) in [4.78, 5) is 0. The highest BCUT2D eigenvalue weighted by molar-refractivity contribution is 6.30. The summed E-state index contributed by atoms with van der Waals surface area (Å²) in [6.07, 6.45) is 0.274. The second-order valence-electron chi connectivity index (χ2n) is 8.21. The molecule has 0 unspecified atom stereocenters. The van der Waals surface area contributed by atoms with Gasteiger partial charge in [-0.15, -0.1) is 0 Å². The van der Waals surface area contributed by atoms with Gasteiger partial charge in [-0.2, -0.15) is 5.10 Å². The van der Waals surface area contributed by atoms with Crippen molar-refractivity contribution in [3.05, 3.63) is 76.3 Å². The third kappa shape index (κ3) is 3.47. The zero-order valence-electron chi connectivity index (χ0n) is 18.8. The molecular weight excluding hydrogens is 456 g/mol. The van der Waals surface area contributed by atoms with E-state index in [4.69, 9.17) is 40.4 Å². The van der Waals surface area contributed by atoms with Crippen molar-refractivity contribution in [1.29, 1.82) is 0 Å². The summed E-state index contributed by atoms with van der Waals surface area (Å²) in [7, 11) is 1.63. The van der Waals surface area contributed by atoms with Gasteiger partial charge >= 0.3 is 0 Å². The summed E-state index contributed by atoms with van der Waals surface area (Å²) < 4.78 is 28.8. The predicted molar refractivity (Wildman–Crippen MR) is 127 cm³/mol. The SMILES string of the molecule is CCOc1ccc([C@H]2Oc3ccc(Cl)cc3[C@@H]3CC(c4ccc5c(c4)OCO5)=NN23)cc1OC. The summed E-state index contributed by atoms with van der Waals surface area (Å²) in [5.41, 5.74) is 3.87. The Kier molecular flexibility index (Phi) is 5.14. The first-order valence-corrected chi connectivity index (χ1v) is 11.5. The van der Waals surface area contributed by atoms with Crippen LogP contribution in [0.15, 0.2) is 59.7 Å². The molecule has 3 aromatic rings. The van der Waals surface area contributed by atoms with E-state index in [0.29, 0.717) is 29.5 Å². The highest BCUT2D eigenvalue weighted by atomic mass is 35.5. The van der Waals surface area contributed by atoms with Crippen LogP contribution in [0.4, 0.5) is 0 Å². The molecule has 0 saturated carbocycles. The van der Waals surface area contributed by atoms with Crippen LogP contribution in [0.1, 0.15) is 42.3 Å². The summed E-state index contributed by atoms with van der Waals surface area (Å²) in [6, 6.07) is 17.5. The average Bonchev–Trinajstić information content (AvgIpc) is 3.51. The highest BCUT2D eigenvalue weighted by Gasteiger charge is 2.41. The van der Waals surface area contributed by atoms with Crippen LogP contribution < -0.4 is 23.7 Å². The van der Waals surface area contributed by atoms with E-state index in [0.717, 1.165) is 39.7 Å². The molecular formula is C26H23ClN2O5. The molecule has 8 heteroatoms. The van der Waals surface area contributed by atoms with Gasteiger partial charge in [-0.25, -0.2) is 5.01 Å². The van der Waals surface area contributed by atoms with Gasteiger partial charge in [-0.1, -0.05) is 11.6 Å². The third-order valence-corrected chi connectivity index (χ3v) is 6.47. The van der Waals surface area contributed by atoms with Crippen LogP contribution in [-0.2, 0) is 0 Å². The number of nitrogens with zero attached hydrogens (tertiary/aromatic N) is 2. The molecule has 3 heterocycles. The Bertz CT molecular complexity index is 1290. The van der Waals surface area contributed by atoms with E-state index >= 15 is 0 Å². The second kappa shape index (κ2) is 8.33. The molecule has 6 rings (SSSR count). The van der Waals surface area contributed by atoms with Crippen molar-refractivity contribution in [3.8, 4) is 28.7 Å². The zero-order valence-corrected chi connectivity index (χ0v) is 19.5. The number of hydrazone groups is 1. The minimum absolute atomic E-state index is 0.0227. The van der Waals surface area contributed by atoms with Crippen LogP contribution in [0.25, 0.3) is 0 Å². The maximum Gasteiger partial charge on any atom is 0.231 e. The van der Waals surface area contributed by atoms with Gasteiger partial charge in [-0.3, -0.25) is 0 Å². The Labute approximate surface area is 202 Å². The summed E-state index contributed by atoms with van der Waals surface area (Å²) >= 11 is 6.35. The number of hydrogen-bond donors (Lipinski definition) is 0. The maximum absolute atomic E-state index is 6.46. The van der Waals surface area contributed by atoms with Crippen molar-refractivity contribution in [2.24, 2.45) is 5.10 Å². The lowest BCUT2D eigenvalue weighted by molar-refractivity contribution is -0.0191. The van der Waals surface area contributed by atoms with E-state index in [1.165, 1.54) is 0 Å². The molecule has 0 saturated heterocycles. The molecule has 0 aromatic heterocycles. The van der Waals surface area contributed by atoms with Gasteiger partial charge in [0.15, 0.2) is 23.0 Å². The van der Waals surface area contributed by atoms with Crippen LogP contribution in [-0.4, -0.2) is 31.2 Å². The van der Waals surface area contributed by atoms with Gasteiger partial charge in [0.1, 0.15) is 5.75 Å². The van der Waals surface area contributed by atoms with Gasteiger partial charge in [0, 0.05) is 28.1 Å². The lowest BCUT2D eigenvalue weighted by atomic mass is 9.95. The monoisotopic (exact) mass is 478 g/mol. The molecule has 0 radical (unpaired) electrons. The Balaban J connectivity index is 1.42. The van der Waals surface area contributed by atoms with E-state index in [9.17, 15) is 0 Å². The fraction of sp³-hybridized carbons (Fsp3) is 0.269. The van der Waals surface area contributed by atoms with E-state index < -0.39 is 6.23 Å². The van der Waals surface area contributed by atoms with E-state index in [1.807, 2.05) is 66.5 Å². The van der Waals surface area contributed by atoms with Crippen LogP contribution in [0.2, 0.25) is 5.02 Å². The van der Waals surface area contributed by atoms with Crippen LogP contribution in [0.3, 0.4) is 0 Å². The van der Waals surface area contributed by atoms with E-state index in [2.05, 4.69) is 0 Å². The van der Waals surface area contributed by atoms with Gasteiger partial charge in [0.2, 0.25) is 13.0 Å². The minimum atomic E-state index is -0.435. The largest absolute Gasteiger partial charge is 0.493 e. The first-order valence-electron chi connectivity index (χ1n) is 11.2.